The predicted molar refractivity (Wildman–Crippen MR) is 120 cm³/mol. The number of amides is 1. The lowest BCUT2D eigenvalue weighted by Gasteiger charge is -2.19. The number of carbonyl (C=O) groups excluding carboxylic acids is 1. The minimum atomic E-state index is -3.78. The van der Waals surface area contributed by atoms with Crippen LogP contribution in [0.4, 0.5) is 5.69 Å². The zero-order chi connectivity index (χ0) is 22.0. The van der Waals surface area contributed by atoms with Crippen LogP contribution in [0.5, 0.6) is 5.75 Å². The summed E-state index contributed by atoms with van der Waals surface area (Å²) in [5.41, 5.74) is 2.57. The van der Waals surface area contributed by atoms with E-state index in [0.29, 0.717) is 36.0 Å². The summed E-state index contributed by atoms with van der Waals surface area (Å²) in [6.45, 7) is 0.852. The highest BCUT2D eigenvalue weighted by Crippen LogP contribution is 2.38. The molecule has 1 aliphatic heterocycles. The number of ether oxygens (including phenoxy) is 1. The number of carbonyl (C=O) groups is 1. The standard InChI is InChI=1S/C23H21ClN2O4S/c24-18-6-11-21(22(13-18)30-15-16-4-2-1-3-5-16)17-12-23(27)26(14-17)19-7-9-20(10-8-19)31(25,28)29/h1-11,13,17H,12,14-15H2,(H2,25,28,29)/t17-/m0/s1. The molecule has 1 saturated heterocycles. The summed E-state index contributed by atoms with van der Waals surface area (Å²) in [5.74, 6) is 0.534. The van der Waals surface area contributed by atoms with E-state index < -0.39 is 10.0 Å². The molecule has 0 aromatic heterocycles. The number of nitrogens with zero attached hydrogens (tertiary/aromatic N) is 1. The number of halogens is 1. The van der Waals surface area contributed by atoms with Crippen LogP contribution in [-0.2, 0) is 21.4 Å². The quantitative estimate of drug-likeness (QED) is 0.605. The van der Waals surface area contributed by atoms with Crippen LogP contribution in [0.25, 0.3) is 0 Å². The van der Waals surface area contributed by atoms with Gasteiger partial charge in [-0.1, -0.05) is 48.0 Å². The molecule has 0 radical (unpaired) electrons. The first-order valence-corrected chi connectivity index (χ1v) is 11.6. The van der Waals surface area contributed by atoms with Gasteiger partial charge in [0.15, 0.2) is 0 Å². The topological polar surface area (TPSA) is 89.7 Å². The third kappa shape index (κ3) is 4.90. The van der Waals surface area contributed by atoms with Crippen molar-refractivity contribution in [2.45, 2.75) is 23.8 Å². The average Bonchev–Trinajstić information content (AvgIpc) is 3.14. The van der Waals surface area contributed by atoms with Gasteiger partial charge in [0, 0.05) is 29.6 Å². The summed E-state index contributed by atoms with van der Waals surface area (Å²) >= 11 is 6.19. The van der Waals surface area contributed by atoms with E-state index in [2.05, 4.69) is 0 Å². The highest BCUT2D eigenvalue weighted by atomic mass is 35.5. The van der Waals surface area contributed by atoms with Crippen LogP contribution >= 0.6 is 11.6 Å². The van der Waals surface area contributed by atoms with E-state index in [1.807, 2.05) is 36.4 Å². The van der Waals surface area contributed by atoms with Crippen LogP contribution in [0.15, 0.2) is 77.7 Å². The first-order chi connectivity index (χ1) is 14.8. The summed E-state index contributed by atoms with van der Waals surface area (Å²) in [4.78, 5) is 14.4. The third-order valence-electron chi connectivity index (χ3n) is 5.25. The van der Waals surface area contributed by atoms with Gasteiger partial charge in [-0.25, -0.2) is 13.6 Å². The Hall–Kier alpha value is -2.87. The number of sulfonamides is 1. The lowest BCUT2D eigenvalue weighted by Crippen LogP contribution is -2.24. The SMILES string of the molecule is NS(=O)(=O)c1ccc(N2C[C@@H](c3ccc(Cl)cc3OCc3ccccc3)CC2=O)cc1. The lowest BCUT2D eigenvalue weighted by molar-refractivity contribution is -0.117. The molecular formula is C23H21ClN2O4S. The summed E-state index contributed by atoms with van der Waals surface area (Å²) < 4.78 is 29.0. The molecule has 1 fully saturated rings. The first-order valence-electron chi connectivity index (χ1n) is 9.70. The van der Waals surface area contributed by atoms with Crippen molar-refractivity contribution in [2.75, 3.05) is 11.4 Å². The van der Waals surface area contributed by atoms with Gasteiger partial charge < -0.3 is 9.64 Å². The molecule has 1 atom stereocenters. The fourth-order valence-electron chi connectivity index (χ4n) is 3.69. The highest BCUT2D eigenvalue weighted by molar-refractivity contribution is 7.89. The van der Waals surface area contributed by atoms with Crippen LogP contribution in [0.3, 0.4) is 0 Å². The number of benzene rings is 3. The molecule has 2 N–H and O–H groups in total. The Morgan fingerprint density at radius 1 is 1.03 bits per heavy atom. The summed E-state index contributed by atoms with van der Waals surface area (Å²) in [6, 6.07) is 21.3. The van der Waals surface area contributed by atoms with Gasteiger partial charge >= 0.3 is 0 Å². The van der Waals surface area contributed by atoms with E-state index in [-0.39, 0.29) is 16.7 Å². The van der Waals surface area contributed by atoms with Gasteiger partial charge in [0.05, 0.1) is 4.90 Å². The van der Waals surface area contributed by atoms with Crippen molar-refractivity contribution in [3.8, 4) is 5.75 Å². The Bertz CT molecular complexity index is 1200. The van der Waals surface area contributed by atoms with Crippen molar-refractivity contribution < 1.29 is 17.9 Å². The molecule has 1 amide bonds. The van der Waals surface area contributed by atoms with E-state index in [1.165, 1.54) is 12.1 Å². The summed E-state index contributed by atoms with van der Waals surface area (Å²) in [7, 11) is -3.78. The minimum absolute atomic E-state index is 0.00810. The molecule has 0 bridgehead atoms. The monoisotopic (exact) mass is 456 g/mol. The largest absolute Gasteiger partial charge is 0.489 e. The molecule has 3 aromatic rings. The van der Waals surface area contributed by atoms with Gasteiger partial charge in [-0.2, -0.15) is 0 Å². The first kappa shape index (κ1) is 21.4. The maximum absolute atomic E-state index is 12.7. The maximum Gasteiger partial charge on any atom is 0.238 e. The van der Waals surface area contributed by atoms with Crippen LogP contribution in [0, 0.1) is 0 Å². The molecule has 31 heavy (non-hydrogen) atoms. The van der Waals surface area contributed by atoms with Crippen LogP contribution in [0.2, 0.25) is 5.02 Å². The number of primary sulfonamides is 1. The molecule has 3 aromatic carbocycles. The summed E-state index contributed by atoms with van der Waals surface area (Å²) in [5, 5.41) is 5.71. The van der Waals surface area contributed by atoms with Gasteiger partial charge in [-0.3, -0.25) is 4.79 Å². The molecule has 1 aliphatic rings. The lowest BCUT2D eigenvalue weighted by atomic mass is 9.97. The number of rotatable bonds is 6. The van der Waals surface area contributed by atoms with Gasteiger partial charge in [0.2, 0.25) is 15.9 Å². The molecular weight excluding hydrogens is 436 g/mol. The van der Waals surface area contributed by atoms with Crippen molar-refractivity contribution in [2.24, 2.45) is 5.14 Å². The van der Waals surface area contributed by atoms with Crippen molar-refractivity contribution in [1.29, 1.82) is 0 Å². The molecule has 0 spiro atoms. The van der Waals surface area contributed by atoms with Crippen molar-refractivity contribution in [3.05, 3.63) is 88.9 Å². The molecule has 8 heteroatoms. The molecule has 1 heterocycles. The summed E-state index contributed by atoms with van der Waals surface area (Å²) in [6.07, 6.45) is 0.320. The number of hydrogen-bond donors (Lipinski definition) is 1. The van der Waals surface area contributed by atoms with E-state index >= 15 is 0 Å². The van der Waals surface area contributed by atoms with Gasteiger partial charge in [-0.15, -0.1) is 0 Å². The Morgan fingerprint density at radius 3 is 2.42 bits per heavy atom. The Kier molecular flexibility index (Phi) is 6.00. The number of hydrogen-bond acceptors (Lipinski definition) is 4. The van der Waals surface area contributed by atoms with E-state index in [4.69, 9.17) is 21.5 Å². The maximum atomic E-state index is 12.7. The van der Waals surface area contributed by atoms with E-state index in [1.54, 1.807) is 29.2 Å². The van der Waals surface area contributed by atoms with Gasteiger partial charge in [0.1, 0.15) is 12.4 Å². The predicted octanol–water partition coefficient (Wildman–Crippen LogP) is 4.09. The van der Waals surface area contributed by atoms with Gasteiger partial charge in [-0.05, 0) is 47.5 Å². The smallest absolute Gasteiger partial charge is 0.238 e. The second-order valence-corrected chi connectivity index (χ2v) is 9.40. The van der Waals surface area contributed by atoms with Crippen LogP contribution in [0.1, 0.15) is 23.5 Å². The molecule has 4 rings (SSSR count). The normalized spacial score (nSPS) is 16.5. The molecule has 0 unspecified atom stereocenters. The Morgan fingerprint density at radius 2 is 1.74 bits per heavy atom. The van der Waals surface area contributed by atoms with Crippen molar-refractivity contribution in [1.82, 2.24) is 0 Å². The Balaban J connectivity index is 1.54. The fourth-order valence-corrected chi connectivity index (χ4v) is 4.36. The molecule has 6 nitrogen and oxygen atoms in total. The highest BCUT2D eigenvalue weighted by Gasteiger charge is 2.33. The molecule has 160 valence electrons. The van der Waals surface area contributed by atoms with E-state index in [0.717, 1.165) is 11.1 Å². The molecule has 0 saturated carbocycles. The van der Waals surface area contributed by atoms with Crippen LogP contribution < -0.4 is 14.8 Å². The van der Waals surface area contributed by atoms with Crippen molar-refractivity contribution in [3.63, 3.8) is 0 Å². The third-order valence-corrected chi connectivity index (χ3v) is 6.42. The van der Waals surface area contributed by atoms with E-state index in [9.17, 15) is 13.2 Å². The minimum Gasteiger partial charge on any atom is -0.489 e. The zero-order valence-corrected chi connectivity index (χ0v) is 18.1. The number of nitrogens with two attached hydrogens (primary N) is 1. The average molecular weight is 457 g/mol. The van der Waals surface area contributed by atoms with Crippen molar-refractivity contribution >= 4 is 33.2 Å². The Labute approximate surface area is 186 Å². The fraction of sp³-hybridized carbons (Fsp3) is 0.174. The zero-order valence-electron chi connectivity index (χ0n) is 16.6. The van der Waals surface area contributed by atoms with Gasteiger partial charge in [0.25, 0.3) is 0 Å². The second kappa shape index (κ2) is 8.70. The second-order valence-electron chi connectivity index (χ2n) is 7.40. The molecule has 0 aliphatic carbocycles. The number of anilines is 1. The van der Waals surface area contributed by atoms with Crippen LogP contribution in [-0.4, -0.2) is 20.9 Å².